The van der Waals surface area contributed by atoms with Gasteiger partial charge in [0.05, 0.1) is 23.1 Å². The zero-order valence-electron chi connectivity index (χ0n) is 10.5. The molecule has 0 radical (unpaired) electrons. The lowest BCUT2D eigenvalue weighted by atomic mass is 10.3. The van der Waals surface area contributed by atoms with Gasteiger partial charge in [-0.2, -0.15) is 5.10 Å². The van der Waals surface area contributed by atoms with Gasteiger partial charge in [0.25, 0.3) is 5.69 Å². The van der Waals surface area contributed by atoms with Crippen LogP contribution in [-0.4, -0.2) is 19.6 Å². The number of hydrazone groups is 1. The van der Waals surface area contributed by atoms with E-state index < -0.39 is 19.8 Å². The number of benzene rings is 1. The molecule has 9 nitrogen and oxygen atoms in total. The maximum atomic E-state index is 11.5. The first-order chi connectivity index (χ1) is 9.88. The standard InChI is InChI=1S/C11H10N4O5S/c12-21(18,19)11-6-8(15(16)17)3-4-10(11)14-13-7-9-2-1-5-20-9/h1-7,14H,(H2,12,18,19)/b13-7-. The van der Waals surface area contributed by atoms with E-state index in [0.29, 0.717) is 5.76 Å². The number of nitrogens with one attached hydrogen (secondary N) is 1. The van der Waals surface area contributed by atoms with Crippen LogP contribution < -0.4 is 10.6 Å². The molecule has 0 spiro atoms. The van der Waals surface area contributed by atoms with E-state index in [0.717, 1.165) is 12.1 Å². The fraction of sp³-hybridized carbons (Fsp3) is 0. The number of nitro benzene ring substituents is 1. The van der Waals surface area contributed by atoms with Crippen LogP contribution in [0.15, 0.2) is 51.0 Å². The summed E-state index contributed by atoms with van der Waals surface area (Å²) in [6.45, 7) is 0. The summed E-state index contributed by atoms with van der Waals surface area (Å²) in [4.78, 5) is 9.53. The second-order valence-electron chi connectivity index (χ2n) is 3.87. The van der Waals surface area contributed by atoms with Gasteiger partial charge >= 0.3 is 0 Å². The van der Waals surface area contributed by atoms with Crippen LogP contribution in [-0.2, 0) is 10.0 Å². The molecular weight excluding hydrogens is 300 g/mol. The third-order valence-corrected chi connectivity index (χ3v) is 3.35. The van der Waals surface area contributed by atoms with Crippen molar-refractivity contribution in [2.75, 3.05) is 5.43 Å². The first-order valence-electron chi connectivity index (χ1n) is 5.52. The second-order valence-corrected chi connectivity index (χ2v) is 5.40. The number of nitrogens with zero attached hydrogens (tertiary/aromatic N) is 2. The largest absolute Gasteiger partial charge is 0.463 e. The molecule has 0 aliphatic heterocycles. The zero-order chi connectivity index (χ0) is 15.5. The molecule has 2 rings (SSSR count). The van der Waals surface area contributed by atoms with Crippen LogP contribution in [0.25, 0.3) is 0 Å². The van der Waals surface area contributed by atoms with Crippen LogP contribution in [0.1, 0.15) is 5.76 Å². The highest BCUT2D eigenvalue weighted by molar-refractivity contribution is 7.89. The summed E-state index contributed by atoms with van der Waals surface area (Å²) < 4.78 is 27.9. The Labute approximate surface area is 119 Å². The Morgan fingerprint density at radius 2 is 2.14 bits per heavy atom. The smallest absolute Gasteiger partial charge is 0.270 e. The van der Waals surface area contributed by atoms with Crippen molar-refractivity contribution in [3.05, 3.63) is 52.5 Å². The van der Waals surface area contributed by atoms with Crippen molar-refractivity contribution >= 4 is 27.6 Å². The Morgan fingerprint density at radius 3 is 2.71 bits per heavy atom. The van der Waals surface area contributed by atoms with Gasteiger partial charge in [-0.3, -0.25) is 15.5 Å². The highest BCUT2D eigenvalue weighted by Crippen LogP contribution is 2.25. The van der Waals surface area contributed by atoms with Gasteiger partial charge in [-0.1, -0.05) is 0 Å². The summed E-state index contributed by atoms with van der Waals surface area (Å²) in [7, 11) is -4.14. The van der Waals surface area contributed by atoms with Gasteiger partial charge in [0.1, 0.15) is 10.7 Å². The summed E-state index contributed by atoms with van der Waals surface area (Å²) in [5, 5.41) is 19.5. The molecule has 1 aromatic carbocycles. The molecule has 0 saturated heterocycles. The molecule has 0 unspecified atom stereocenters. The van der Waals surface area contributed by atoms with E-state index >= 15 is 0 Å². The number of primary sulfonamides is 1. The molecule has 0 aliphatic rings. The topological polar surface area (TPSA) is 141 Å². The number of anilines is 1. The third kappa shape index (κ3) is 3.64. The van der Waals surface area contributed by atoms with Crippen molar-refractivity contribution in [3.63, 3.8) is 0 Å². The van der Waals surface area contributed by atoms with E-state index in [-0.39, 0.29) is 11.4 Å². The van der Waals surface area contributed by atoms with Gasteiger partial charge in [-0.25, -0.2) is 13.6 Å². The van der Waals surface area contributed by atoms with Crippen LogP contribution in [0, 0.1) is 10.1 Å². The van der Waals surface area contributed by atoms with Crippen molar-refractivity contribution in [1.82, 2.24) is 0 Å². The SMILES string of the molecule is NS(=O)(=O)c1cc([N+](=O)[O-])ccc1N/N=C\c1ccco1. The molecule has 0 saturated carbocycles. The number of furan rings is 1. The van der Waals surface area contributed by atoms with E-state index in [2.05, 4.69) is 10.5 Å². The van der Waals surface area contributed by atoms with Gasteiger partial charge in [0, 0.05) is 12.1 Å². The molecule has 21 heavy (non-hydrogen) atoms. The maximum absolute atomic E-state index is 11.5. The van der Waals surface area contributed by atoms with Crippen LogP contribution in [0.3, 0.4) is 0 Å². The van der Waals surface area contributed by atoms with E-state index in [1.807, 2.05) is 0 Å². The molecule has 10 heteroatoms. The predicted molar refractivity (Wildman–Crippen MR) is 74.4 cm³/mol. The fourth-order valence-corrected chi connectivity index (χ4v) is 2.19. The van der Waals surface area contributed by atoms with E-state index in [1.54, 1.807) is 12.1 Å². The van der Waals surface area contributed by atoms with Crippen LogP contribution >= 0.6 is 0 Å². The van der Waals surface area contributed by atoms with Crippen LogP contribution in [0.2, 0.25) is 0 Å². The fourth-order valence-electron chi connectivity index (χ4n) is 1.48. The molecule has 110 valence electrons. The van der Waals surface area contributed by atoms with Gasteiger partial charge in [0.15, 0.2) is 0 Å². The van der Waals surface area contributed by atoms with Gasteiger partial charge in [-0.05, 0) is 18.2 Å². The minimum Gasteiger partial charge on any atom is -0.463 e. The normalized spacial score (nSPS) is 11.7. The van der Waals surface area contributed by atoms with Crippen LogP contribution in [0.5, 0.6) is 0 Å². The lowest BCUT2D eigenvalue weighted by Gasteiger charge is -2.06. The molecule has 0 atom stereocenters. The Bertz CT molecular complexity index is 783. The molecule has 3 N–H and O–H groups in total. The number of hydrogen-bond donors (Lipinski definition) is 2. The lowest BCUT2D eigenvalue weighted by molar-refractivity contribution is -0.385. The average molecular weight is 310 g/mol. The number of sulfonamides is 1. The van der Waals surface area contributed by atoms with Gasteiger partial charge < -0.3 is 4.42 Å². The second kappa shape index (κ2) is 5.73. The average Bonchev–Trinajstić information content (AvgIpc) is 2.90. The lowest BCUT2D eigenvalue weighted by Crippen LogP contribution is -2.14. The molecule has 1 heterocycles. The summed E-state index contributed by atoms with van der Waals surface area (Å²) in [5.74, 6) is 0.446. The Morgan fingerprint density at radius 1 is 1.38 bits per heavy atom. The Hall–Kier alpha value is -2.72. The number of non-ortho nitro benzene ring substituents is 1. The molecule has 0 fully saturated rings. The van der Waals surface area contributed by atoms with Gasteiger partial charge in [0.2, 0.25) is 10.0 Å². The first-order valence-corrected chi connectivity index (χ1v) is 7.06. The quantitative estimate of drug-likeness (QED) is 0.484. The van der Waals surface area contributed by atoms with E-state index in [4.69, 9.17) is 9.56 Å². The Balaban J connectivity index is 2.32. The third-order valence-electron chi connectivity index (χ3n) is 2.40. The summed E-state index contributed by atoms with van der Waals surface area (Å²) in [5.41, 5.74) is 2.08. The summed E-state index contributed by atoms with van der Waals surface area (Å²) >= 11 is 0. The number of hydrogen-bond acceptors (Lipinski definition) is 7. The minimum absolute atomic E-state index is 0.0194. The maximum Gasteiger partial charge on any atom is 0.270 e. The van der Waals surface area contributed by atoms with Gasteiger partial charge in [-0.15, -0.1) is 0 Å². The van der Waals surface area contributed by atoms with Crippen LogP contribution in [0.4, 0.5) is 11.4 Å². The van der Waals surface area contributed by atoms with Crippen molar-refractivity contribution < 1.29 is 17.8 Å². The summed E-state index contributed by atoms with van der Waals surface area (Å²) in [6.07, 6.45) is 2.76. The highest BCUT2D eigenvalue weighted by Gasteiger charge is 2.18. The van der Waals surface area contributed by atoms with Crippen molar-refractivity contribution in [2.45, 2.75) is 4.90 Å². The van der Waals surface area contributed by atoms with Crippen molar-refractivity contribution in [3.8, 4) is 0 Å². The monoisotopic (exact) mass is 310 g/mol. The van der Waals surface area contributed by atoms with Crippen molar-refractivity contribution in [1.29, 1.82) is 0 Å². The van der Waals surface area contributed by atoms with E-state index in [1.165, 1.54) is 18.5 Å². The molecule has 0 amide bonds. The number of nitrogens with two attached hydrogens (primary N) is 1. The first kappa shape index (κ1) is 14.7. The molecule has 0 aliphatic carbocycles. The zero-order valence-corrected chi connectivity index (χ0v) is 11.3. The molecule has 1 aromatic heterocycles. The molecule has 2 aromatic rings. The Kier molecular flexibility index (Phi) is 4.00. The number of rotatable bonds is 5. The molecular formula is C11H10N4O5S. The highest BCUT2D eigenvalue weighted by atomic mass is 32.2. The molecule has 0 bridgehead atoms. The summed E-state index contributed by atoms with van der Waals surface area (Å²) in [6, 6.07) is 6.50. The van der Waals surface area contributed by atoms with Crippen molar-refractivity contribution in [2.24, 2.45) is 10.2 Å². The minimum atomic E-state index is -4.14. The number of nitro groups is 1. The van der Waals surface area contributed by atoms with E-state index in [9.17, 15) is 18.5 Å². The predicted octanol–water partition coefficient (Wildman–Crippen LogP) is 1.28.